The van der Waals surface area contributed by atoms with Crippen LogP contribution >= 0.6 is 0 Å². The molecule has 0 amide bonds. The fourth-order valence-corrected chi connectivity index (χ4v) is 3.90. The highest BCUT2D eigenvalue weighted by Gasteiger charge is 2.28. The quantitative estimate of drug-likeness (QED) is 0.830. The number of aliphatic carboxylic acids is 1. The van der Waals surface area contributed by atoms with Crippen molar-refractivity contribution in [2.24, 2.45) is 17.8 Å². The lowest BCUT2D eigenvalue weighted by Crippen LogP contribution is -2.41. The summed E-state index contributed by atoms with van der Waals surface area (Å²) in [5.41, 5.74) is 0. The number of carboxylic acid groups (broad SMARTS) is 1. The van der Waals surface area contributed by atoms with E-state index in [1.807, 2.05) is 0 Å². The van der Waals surface area contributed by atoms with Crippen LogP contribution in [0.5, 0.6) is 0 Å². The molecule has 0 spiro atoms. The van der Waals surface area contributed by atoms with Gasteiger partial charge in [0.2, 0.25) is 0 Å². The third-order valence-electron chi connectivity index (χ3n) is 5.03. The Bertz CT molecular complexity index is 284. The van der Waals surface area contributed by atoms with Crippen LogP contribution < -0.4 is 0 Å². The third-order valence-corrected chi connectivity index (χ3v) is 5.03. The van der Waals surface area contributed by atoms with E-state index in [9.17, 15) is 4.79 Å². The second kappa shape index (κ2) is 7.28. The maximum Gasteiger partial charge on any atom is 0.307 e. The molecule has 0 aromatic heterocycles. The predicted octanol–water partition coefficient (Wildman–Crippen LogP) is 3.39. The van der Waals surface area contributed by atoms with Gasteiger partial charge in [-0.3, -0.25) is 4.79 Å². The van der Waals surface area contributed by atoms with E-state index in [0.717, 1.165) is 44.3 Å². The number of rotatable bonds is 5. The number of hydrogen-bond donors (Lipinski definition) is 1. The van der Waals surface area contributed by atoms with E-state index in [1.165, 1.54) is 38.5 Å². The molecule has 2 aliphatic rings. The second-order valence-corrected chi connectivity index (χ2v) is 6.61. The van der Waals surface area contributed by atoms with Gasteiger partial charge in [-0.25, -0.2) is 0 Å². The molecule has 1 N–H and O–H groups in total. The zero-order valence-corrected chi connectivity index (χ0v) is 12.3. The molecule has 1 saturated heterocycles. The van der Waals surface area contributed by atoms with Crippen LogP contribution in [0.25, 0.3) is 0 Å². The molecule has 0 bridgehead atoms. The summed E-state index contributed by atoms with van der Waals surface area (Å²) >= 11 is 0. The molecule has 1 unspecified atom stereocenters. The van der Waals surface area contributed by atoms with E-state index in [-0.39, 0.29) is 5.92 Å². The Balaban J connectivity index is 1.71. The number of likely N-dealkylation sites (tertiary alicyclic amines) is 1. The van der Waals surface area contributed by atoms with Gasteiger partial charge in [-0.2, -0.15) is 0 Å². The zero-order valence-electron chi connectivity index (χ0n) is 12.3. The van der Waals surface area contributed by atoms with Crippen molar-refractivity contribution in [1.29, 1.82) is 0 Å². The van der Waals surface area contributed by atoms with Crippen molar-refractivity contribution in [2.45, 2.75) is 58.3 Å². The van der Waals surface area contributed by atoms with Gasteiger partial charge in [0.05, 0.1) is 5.92 Å². The molecule has 110 valence electrons. The van der Waals surface area contributed by atoms with Gasteiger partial charge in [-0.15, -0.1) is 0 Å². The van der Waals surface area contributed by atoms with Crippen molar-refractivity contribution in [3.8, 4) is 0 Å². The molecule has 19 heavy (non-hydrogen) atoms. The molecule has 1 aliphatic heterocycles. The predicted molar refractivity (Wildman–Crippen MR) is 77.2 cm³/mol. The van der Waals surface area contributed by atoms with E-state index < -0.39 is 5.97 Å². The first-order chi connectivity index (χ1) is 9.19. The van der Waals surface area contributed by atoms with Crippen molar-refractivity contribution >= 4 is 5.97 Å². The Kier molecular flexibility index (Phi) is 5.68. The smallest absolute Gasteiger partial charge is 0.307 e. The van der Waals surface area contributed by atoms with Crippen LogP contribution in [0.2, 0.25) is 0 Å². The molecule has 2 rings (SSSR count). The van der Waals surface area contributed by atoms with Gasteiger partial charge in [0, 0.05) is 13.1 Å². The molecular formula is C16H29NO2. The van der Waals surface area contributed by atoms with Crippen LogP contribution in [0.4, 0.5) is 0 Å². The van der Waals surface area contributed by atoms with Crippen molar-refractivity contribution in [3.05, 3.63) is 0 Å². The van der Waals surface area contributed by atoms with Crippen LogP contribution in [-0.2, 0) is 4.79 Å². The molecule has 1 saturated carbocycles. The number of piperidine rings is 1. The Morgan fingerprint density at radius 3 is 2.47 bits per heavy atom. The summed E-state index contributed by atoms with van der Waals surface area (Å²) in [6, 6.07) is 0. The van der Waals surface area contributed by atoms with Gasteiger partial charge < -0.3 is 10.0 Å². The van der Waals surface area contributed by atoms with E-state index in [1.54, 1.807) is 0 Å². The van der Waals surface area contributed by atoms with Crippen LogP contribution in [0.1, 0.15) is 58.3 Å². The lowest BCUT2D eigenvalue weighted by Gasteiger charge is -2.36. The zero-order chi connectivity index (χ0) is 13.7. The van der Waals surface area contributed by atoms with Gasteiger partial charge in [0.1, 0.15) is 0 Å². The molecule has 1 aliphatic carbocycles. The van der Waals surface area contributed by atoms with Crippen molar-refractivity contribution in [1.82, 2.24) is 4.90 Å². The number of carbonyl (C=O) groups is 1. The summed E-state index contributed by atoms with van der Waals surface area (Å²) < 4.78 is 0. The van der Waals surface area contributed by atoms with Crippen molar-refractivity contribution in [2.75, 3.05) is 19.6 Å². The largest absolute Gasteiger partial charge is 0.481 e. The van der Waals surface area contributed by atoms with Crippen LogP contribution in [0.15, 0.2) is 0 Å². The van der Waals surface area contributed by atoms with E-state index in [2.05, 4.69) is 11.8 Å². The minimum Gasteiger partial charge on any atom is -0.481 e. The molecule has 1 heterocycles. The topological polar surface area (TPSA) is 40.5 Å². The van der Waals surface area contributed by atoms with Gasteiger partial charge in [-0.05, 0) is 44.1 Å². The summed E-state index contributed by atoms with van der Waals surface area (Å²) in [4.78, 5) is 13.5. The van der Waals surface area contributed by atoms with E-state index in [0.29, 0.717) is 0 Å². The van der Waals surface area contributed by atoms with Gasteiger partial charge >= 0.3 is 5.97 Å². The average molecular weight is 267 g/mol. The first-order valence-electron chi connectivity index (χ1n) is 8.14. The highest BCUT2D eigenvalue weighted by molar-refractivity contribution is 5.70. The number of carboxylic acids is 1. The van der Waals surface area contributed by atoms with Gasteiger partial charge in [0.25, 0.3) is 0 Å². The fourth-order valence-electron chi connectivity index (χ4n) is 3.90. The molecule has 0 aromatic carbocycles. The Morgan fingerprint density at radius 2 is 1.84 bits per heavy atom. The standard InChI is InChI=1S/C16H29NO2/c1-2-4-13-6-8-14(9-7-13)11-17-10-3-5-15(12-17)16(18)19/h13-15H,2-12H2,1H3,(H,18,19). The molecular weight excluding hydrogens is 238 g/mol. The average Bonchev–Trinajstić information content (AvgIpc) is 2.42. The third kappa shape index (κ3) is 4.48. The molecule has 3 heteroatoms. The van der Waals surface area contributed by atoms with E-state index in [4.69, 9.17) is 5.11 Å². The molecule has 1 atom stereocenters. The summed E-state index contributed by atoms with van der Waals surface area (Å²) in [5, 5.41) is 9.13. The van der Waals surface area contributed by atoms with Crippen LogP contribution in [0.3, 0.4) is 0 Å². The van der Waals surface area contributed by atoms with Gasteiger partial charge in [-0.1, -0.05) is 32.6 Å². The second-order valence-electron chi connectivity index (χ2n) is 6.61. The van der Waals surface area contributed by atoms with Crippen LogP contribution in [-0.4, -0.2) is 35.6 Å². The minimum absolute atomic E-state index is 0.120. The lowest BCUT2D eigenvalue weighted by molar-refractivity contribution is -0.143. The Labute approximate surface area is 117 Å². The fraction of sp³-hybridized carbons (Fsp3) is 0.938. The summed E-state index contributed by atoms with van der Waals surface area (Å²) in [6.07, 6.45) is 10.2. The SMILES string of the molecule is CCCC1CCC(CN2CCCC(C(=O)O)C2)CC1. The van der Waals surface area contributed by atoms with Crippen molar-refractivity contribution < 1.29 is 9.90 Å². The molecule has 0 aromatic rings. The highest BCUT2D eigenvalue weighted by atomic mass is 16.4. The minimum atomic E-state index is -0.601. The van der Waals surface area contributed by atoms with E-state index >= 15 is 0 Å². The molecule has 2 fully saturated rings. The molecule has 3 nitrogen and oxygen atoms in total. The first-order valence-corrected chi connectivity index (χ1v) is 8.14. The monoisotopic (exact) mass is 267 g/mol. The highest BCUT2D eigenvalue weighted by Crippen LogP contribution is 2.32. The van der Waals surface area contributed by atoms with Gasteiger partial charge in [0.15, 0.2) is 0 Å². The number of nitrogens with zero attached hydrogens (tertiary/aromatic N) is 1. The molecule has 0 radical (unpaired) electrons. The Hall–Kier alpha value is -0.570. The maximum absolute atomic E-state index is 11.1. The Morgan fingerprint density at radius 1 is 1.16 bits per heavy atom. The first kappa shape index (κ1) is 14.8. The summed E-state index contributed by atoms with van der Waals surface area (Å²) in [6.45, 7) is 5.32. The van der Waals surface area contributed by atoms with Crippen molar-refractivity contribution in [3.63, 3.8) is 0 Å². The summed E-state index contributed by atoms with van der Waals surface area (Å²) in [7, 11) is 0. The van der Waals surface area contributed by atoms with Crippen LogP contribution in [0, 0.1) is 17.8 Å². The normalized spacial score (nSPS) is 33.2. The summed E-state index contributed by atoms with van der Waals surface area (Å²) in [5.74, 6) is 1.07. The lowest BCUT2D eigenvalue weighted by atomic mass is 9.79. The maximum atomic E-state index is 11.1. The number of hydrogen-bond acceptors (Lipinski definition) is 2.